The smallest absolute Gasteiger partial charge is 0.167 e. The SMILES string of the molecule is Cc1cc(Br)c2cnn(-c3ccc(OCc4ccccc4)c(F)c3)c2c1. The number of aryl methyl sites for hydroxylation is 1. The van der Waals surface area contributed by atoms with E-state index in [1.54, 1.807) is 16.9 Å². The number of fused-ring (bicyclic) bond motifs is 1. The largest absolute Gasteiger partial charge is 0.486 e. The lowest BCUT2D eigenvalue weighted by molar-refractivity contribution is 0.290. The summed E-state index contributed by atoms with van der Waals surface area (Å²) in [7, 11) is 0. The van der Waals surface area contributed by atoms with E-state index in [4.69, 9.17) is 4.74 Å². The van der Waals surface area contributed by atoms with Crippen LogP contribution >= 0.6 is 15.9 Å². The van der Waals surface area contributed by atoms with Gasteiger partial charge in [0, 0.05) is 15.9 Å². The van der Waals surface area contributed by atoms with E-state index >= 15 is 0 Å². The second-order valence-corrected chi connectivity index (χ2v) is 6.98. The van der Waals surface area contributed by atoms with Gasteiger partial charge in [0.2, 0.25) is 0 Å². The van der Waals surface area contributed by atoms with E-state index in [1.165, 1.54) is 6.07 Å². The zero-order valence-electron chi connectivity index (χ0n) is 14.1. The molecule has 26 heavy (non-hydrogen) atoms. The normalized spacial score (nSPS) is 11.0. The van der Waals surface area contributed by atoms with Gasteiger partial charge in [-0.25, -0.2) is 9.07 Å². The Bertz CT molecular complexity index is 1080. The number of hydrogen-bond donors (Lipinski definition) is 0. The highest BCUT2D eigenvalue weighted by Gasteiger charge is 2.11. The minimum Gasteiger partial charge on any atom is -0.486 e. The Balaban J connectivity index is 1.64. The average Bonchev–Trinajstić information content (AvgIpc) is 3.05. The van der Waals surface area contributed by atoms with E-state index in [1.807, 2.05) is 55.5 Å². The van der Waals surface area contributed by atoms with Crippen LogP contribution in [-0.2, 0) is 6.61 Å². The number of hydrogen-bond acceptors (Lipinski definition) is 2. The van der Waals surface area contributed by atoms with Crippen molar-refractivity contribution in [1.82, 2.24) is 9.78 Å². The van der Waals surface area contributed by atoms with E-state index in [2.05, 4.69) is 21.0 Å². The third-order valence-electron chi connectivity index (χ3n) is 4.18. The van der Waals surface area contributed by atoms with Crippen molar-refractivity contribution in [1.29, 1.82) is 0 Å². The zero-order valence-corrected chi connectivity index (χ0v) is 15.7. The van der Waals surface area contributed by atoms with Crippen LogP contribution in [0.3, 0.4) is 0 Å². The number of benzene rings is 3. The molecule has 0 aliphatic rings. The Kier molecular flexibility index (Phi) is 4.47. The number of rotatable bonds is 4. The van der Waals surface area contributed by atoms with Gasteiger partial charge in [-0.15, -0.1) is 0 Å². The van der Waals surface area contributed by atoms with Crippen molar-refractivity contribution in [3.63, 3.8) is 0 Å². The quantitative estimate of drug-likeness (QED) is 0.424. The highest BCUT2D eigenvalue weighted by molar-refractivity contribution is 9.10. The standard InChI is InChI=1S/C21H16BrFN2O/c1-14-9-18(22)17-12-24-25(20(17)10-14)16-7-8-21(19(23)11-16)26-13-15-5-3-2-4-6-15/h2-12H,13H2,1H3. The van der Waals surface area contributed by atoms with Gasteiger partial charge in [-0.2, -0.15) is 5.10 Å². The molecular weight excluding hydrogens is 395 g/mol. The van der Waals surface area contributed by atoms with Gasteiger partial charge in [-0.1, -0.05) is 46.3 Å². The van der Waals surface area contributed by atoms with Crippen LogP contribution in [-0.4, -0.2) is 9.78 Å². The monoisotopic (exact) mass is 410 g/mol. The summed E-state index contributed by atoms with van der Waals surface area (Å²) in [6.45, 7) is 2.34. The van der Waals surface area contributed by atoms with Crippen molar-refractivity contribution in [3.8, 4) is 11.4 Å². The lowest BCUT2D eigenvalue weighted by Crippen LogP contribution is -2.00. The summed E-state index contributed by atoms with van der Waals surface area (Å²) in [5.74, 6) is -0.180. The van der Waals surface area contributed by atoms with Gasteiger partial charge >= 0.3 is 0 Å². The molecule has 0 unspecified atom stereocenters. The predicted octanol–water partition coefficient (Wildman–Crippen LogP) is 5.81. The molecule has 0 saturated carbocycles. The van der Waals surface area contributed by atoms with Crippen LogP contribution < -0.4 is 4.74 Å². The Hall–Kier alpha value is -2.66. The molecule has 0 radical (unpaired) electrons. The fourth-order valence-electron chi connectivity index (χ4n) is 2.90. The van der Waals surface area contributed by atoms with Crippen LogP contribution in [0.1, 0.15) is 11.1 Å². The molecular formula is C21H16BrFN2O. The molecule has 5 heteroatoms. The van der Waals surface area contributed by atoms with Crippen LogP contribution in [0.25, 0.3) is 16.6 Å². The summed E-state index contributed by atoms with van der Waals surface area (Å²) in [6, 6.07) is 18.7. The van der Waals surface area contributed by atoms with Crippen molar-refractivity contribution >= 4 is 26.8 Å². The molecule has 0 fully saturated rings. The van der Waals surface area contributed by atoms with E-state index in [-0.39, 0.29) is 5.75 Å². The van der Waals surface area contributed by atoms with E-state index in [0.717, 1.165) is 26.5 Å². The second kappa shape index (κ2) is 6.92. The summed E-state index contributed by atoms with van der Waals surface area (Å²) in [4.78, 5) is 0. The van der Waals surface area contributed by atoms with Crippen LogP contribution in [0.5, 0.6) is 5.75 Å². The van der Waals surface area contributed by atoms with Crippen molar-refractivity contribution < 1.29 is 9.13 Å². The molecule has 0 saturated heterocycles. The molecule has 0 N–H and O–H groups in total. The minimum atomic E-state index is -0.409. The summed E-state index contributed by atoms with van der Waals surface area (Å²) < 4.78 is 22.8. The second-order valence-electron chi connectivity index (χ2n) is 6.12. The molecule has 0 aliphatic heterocycles. The van der Waals surface area contributed by atoms with Crippen molar-refractivity contribution in [3.05, 3.63) is 88.3 Å². The van der Waals surface area contributed by atoms with Gasteiger partial charge in [-0.3, -0.25) is 0 Å². The number of nitrogens with zero attached hydrogens (tertiary/aromatic N) is 2. The van der Waals surface area contributed by atoms with E-state index < -0.39 is 5.82 Å². The van der Waals surface area contributed by atoms with Gasteiger partial charge in [0.05, 0.1) is 17.4 Å². The number of aromatic nitrogens is 2. The summed E-state index contributed by atoms with van der Waals surface area (Å²) >= 11 is 3.55. The van der Waals surface area contributed by atoms with Crippen molar-refractivity contribution in [2.24, 2.45) is 0 Å². The van der Waals surface area contributed by atoms with Gasteiger partial charge in [0.1, 0.15) is 6.61 Å². The van der Waals surface area contributed by atoms with Gasteiger partial charge in [0.25, 0.3) is 0 Å². The summed E-state index contributed by atoms with van der Waals surface area (Å²) in [5, 5.41) is 5.40. The number of halogens is 2. The highest BCUT2D eigenvalue weighted by atomic mass is 79.9. The molecule has 0 amide bonds. The van der Waals surface area contributed by atoms with Crippen LogP contribution in [0.2, 0.25) is 0 Å². The summed E-state index contributed by atoms with van der Waals surface area (Å²) in [6.07, 6.45) is 1.77. The minimum absolute atomic E-state index is 0.228. The molecule has 0 bridgehead atoms. The molecule has 130 valence electrons. The summed E-state index contributed by atoms with van der Waals surface area (Å²) in [5.41, 5.74) is 3.68. The molecule has 4 rings (SSSR count). The average molecular weight is 411 g/mol. The first-order chi connectivity index (χ1) is 12.6. The molecule has 3 nitrogen and oxygen atoms in total. The molecule has 1 heterocycles. The topological polar surface area (TPSA) is 27.1 Å². The maximum absolute atomic E-state index is 14.5. The van der Waals surface area contributed by atoms with Crippen molar-refractivity contribution in [2.75, 3.05) is 0 Å². The Morgan fingerprint density at radius 2 is 1.88 bits per heavy atom. The molecule has 3 aromatic carbocycles. The van der Waals surface area contributed by atoms with E-state index in [0.29, 0.717) is 12.3 Å². The number of ether oxygens (including phenoxy) is 1. The molecule has 0 atom stereocenters. The Morgan fingerprint density at radius 1 is 1.08 bits per heavy atom. The van der Waals surface area contributed by atoms with Gasteiger partial charge in [-0.05, 0) is 42.3 Å². The molecule has 4 aromatic rings. The van der Waals surface area contributed by atoms with Gasteiger partial charge < -0.3 is 4.74 Å². The van der Waals surface area contributed by atoms with Crippen LogP contribution in [0.15, 0.2) is 71.3 Å². The maximum atomic E-state index is 14.5. The maximum Gasteiger partial charge on any atom is 0.167 e. The fourth-order valence-corrected chi connectivity index (χ4v) is 3.56. The third kappa shape index (κ3) is 3.22. The van der Waals surface area contributed by atoms with Crippen LogP contribution in [0.4, 0.5) is 4.39 Å². The van der Waals surface area contributed by atoms with Crippen LogP contribution in [0, 0.1) is 12.7 Å². The van der Waals surface area contributed by atoms with Crippen molar-refractivity contribution in [2.45, 2.75) is 13.5 Å². The van der Waals surface area contributed by atoms with Gasteiger partial charge in [0.15, 0.2) is 11.6 Å². The molecule has 1 aromatic heterocycles. The lowest BCUT2D eigenvalue weighted by Gasteiger charge is -2.10. The fraction of sp³-hybridized carbons (Fsp3) is 0.0952. The molecule has 0 spiro atoms. The Morgan fingerprint density at radius 3 is 2.65 bits per heavy atom. The predicted molar refractivity (Wildman–Crippen MR) is 104 cm³/mol. The Labute approximate surface area is 159 Å². The van der Waals surface area contributed by atoms with E-state index in [9.17, 15) is 4.39 Å². The lowest BCUT2D eigenvalue weighted by atomic mass is 10.2. The first kappa shape index (κ1) is 16.8. The first-order valence-corrected chi connectivity index (χ1v) is 9.01. The first-order valence-electron chi connectivity index (χ1n) is 8.22. The highest BCUT2D eigenvalue weighted by Crippen LogP contribution is 2.29. The molecule has 0 aliphatic carbocycles. The third-order valence-corrected chi connectivity index (χ3v) is 4.84. The zero-order chi connectivity index (χ0) is 18.1.